The van der Waals surface area contributed by atoms with Crippen LogP contribution in [-0.4, -0.2) is 36.8 Å². The molecular formula is C29H41FN6O. The number of para-hydroxylation sites is 1. The Kier molecular flexibility index (Phi) is 13.7. The largest absolute Gasteiger partial charge is 0.495 e. The molecule has 0 aliphatic carbocycles. The number of methoxy groups -OCH3 is 1. The van der Waals surface area contributed by atoms with Crippen LogP contribution in [0.5, 0.6) is 5.75 Å². The van der Waals surface area contributed by atoms with Gasteiger partial charge in [-0.25, -0.2) is 14.4 Å². The monoisotopic (exact) mass is 508 g/mol. The summed E-state index contributed by atoms with van der Waals surface area (Å²) in [5.41, 5.74) is 3.97. The van der Waals surface area contributed by atoms with Crippen LogP contribution in [0.4, 0.5) is 4.39 Å². The molecular weight excluding hydrogens is 467 g/mol. The highest BCUT2D eigenvalue weighted by molar-refractivity contribution is 5.61. The Balaban J connectivity index is 0.000000385. The lowest BCUT2D eigenvalue weighted by Crippen LogP contribution is -2.05. The second kappa shape index (κ2) is 16.1. The van der Waals surface area contributed by atoms with E-state index in [0.29, 0.717) is 17.6 Å². The Hall–Kier alpha value is -3.68. The molecule has 8 heteroatoms. The van der Waals surface area contributed by atoms with E-state index in [4.69, 9.17) is 4.74 Å². The zero-order valence-corrected chi connectivity index (χ0v) is 23.9. The number of rotatable bonds is 5. The smallest absolute Gasteiger partial charge is 0.187 e. The number of aromatic nitrogens is 6. The molecule has 4 rings (SSSR count). The summed E-state index contributed by atoms with van der Waals surface area (Å²) in [7, 11) is 1.67. The highest BCUT2D eigenvalue weighted by Crippen LogP contribution is 2.31. The van der Waals surface area contributed by atoms with Gasteiger partial charge in [-0.2, -0.15) is 0 Å². The van der Waals surface area contributed by atoms with Crippen molar-refractivity contribution in [2.45, 2.75) is 68.7 Å². The van der Waals surface area contributed by atoms with E-state index in [0.717, 1.165) is 40.5 Å². The summed E-state index contributed by atoms with van der Waals surface area (Å²) in [4.78, 5) is 12.1. The van der Waals surface area contributed by atoms with Crippen molar-refractivity contribution in [3.8, 4) is 23.0 Å². The summed E-state index contributed by atoms with van der Waals surface area (Å²) < 4.78 is 19.8. The van der Waals surface area contributed by atoms with Crippen molar-refractivity contribution in [2.24, 2.45) is 5.92 Å². The molecule has 0 bridgehead atoms. The van der Waals surface area contributed by atoms with Crippen molar-refractivity contribution in [3.63, 3.8) is 0 Å². The molecule has 0 fully saturated rings. The molecule has 0 unspecified atom stereocenters. The molecule has 0 saturated heterocycles. The molecule has 0 spiro atoms. The Morgan fingerprint density at radius 1 is 0.919 bits per heavy atom. The summed E-state index contributed by atoms with van der Waals surface area (Å²) in [6.07, 6.45) is 4.99. The molecule has 0 amide bonds. The summed E-state index contributed by atoms with van der Waals surface area (Å²) in [6.45, 7) is 18.2. The van der Waals surface area contributed by atoms with Crippen LogP contribution < -0.4 is 4.74 Å². The van der Waals surface area contributed by atoms with E-state index >= 15 is 0 Å². The van der Waals surface area contributed by atoms with E-state index in [1.54, 1.807) is 13.3 Å². The lowest BCUT2D eigenvalue weighted by molar-refractivity contribution is 0.412. The van der Waals surface area contributed by atoms with Gasteiger partial charge in [0.25, 0.3) is 0 Å². The van der Waals surface area contributed by atoms with Gasteiger partial charge >= 0.3 is 0 Å². The van der Waals surface area contributed by atoms with Crippen molar-refractivity contribution in [1.29, 1.82) is 0 Å². The zero-order chi connectivity index (χ0) is 28.0. The molecule has 200 valence electrons. The molecule has 0 aliphatic rings. The molecule has 4 aromatic rings. The van der Waals surface area contributed by atoms with Gasteiger partial charge < -0.3 is 4.74 Å². The third kappa shape index (κ3) is 9.04. The average molecular weight is 509 g/mol. The molecule has 0 saturated carbocycles. The third-order valence-electron chi connectivity index (χ3n) is 4.88. The second-order valence-electron chi connectivity index (χ2n) is 8.17. The van der Waals surface area contributed by atoms with Crippen molar-refractivity contribution < 1.29 is 9.13 Å². The van der Waals surface area contributed by atoms with Crippen LogP contribution in [-0.2, 0) is 6.42 Å². The minimum Gasteiger partial charge on any atom is -0.495 e. The molecule has 0 radical (unpaired) electrons. The predicted octanol–water partition coefficient (Wildman–Crippen LogP) is 7.13. The maximum Gasteiger partial charge on any atom is 0.187 e. The highest BCUT2D eigenvalue weighted by atomic mass is 19.1. The Bertz CT molecular complexity index is 1210. The predicted molar refractivity (Wildman–Crippen MR) is 149 cm³/mol. The normalized spacial score (nSPS) is 9.84. The number of benzene rings is 1. The molecule has 3 aromatic heterocycles. The van der Waals surface area contributed by atoms with Gasteiger partial charge in [-0.1, -0.05) is 53.7 Å². The highest BCUT2D eigenvalue weighted by Gasteiger charge is 2.18. The van der Waals surface area contributed by atoms with E-state index < -0.39 is 0 Å². The fourth-order valence-electron chi connectivity index (χ4n) is 3.35. The third-order valence-corrected chi connectivity index (χ3v) is 4.88. The Labute approximate surface area is 221 Å². The van der Waals surface area contributed by atoms with Gasteiger partial charge in [-0.3, -0.25) is 9.55 Å². The molecule has 3 heterocycles. The fourth-order valence-corrected chi connectivity index (χ4v) is 3.35. The van der Waals surface area contributed by atoms with Gasteiger partial charge in [-0.05, 0) is 56.0 Å². The Morgan fingerprint density at radius 3 is 2.14 bits per heavy atom. The first-order chi connectivity index (χ1) is 17.8. The first kappa shape index (κ1) is 31.4. The van der Waals surface area contributed by atoms with Crippen molar-refractivity contribution in [1.82, 2.24) is 29.7 Å². The number of pyridine rings is 1. The first-order valence-electron chi connectivity index (χ1n) is 12.8. The van der Waals surface area contributed by atoms with Crippen LogP contribution in [0.1, 0.15) is 64.3 Å². The van der Waals surface area contributed by atoms with Crippen LogP contribution in [0, 0.1) is 32.5 Å². The second-order valence-corrected chi connectivity index (χ2v) is 8.17. The van der Waals surface area contributed by atoms with Gasteiger partial charge in [0.05, 0.1) is 25.2 Å². The van der Waals surface area contributed by atoms with E-state index in [1.807, 2.05) is 83.4 Å². The minimum absolute atomic E-state index is 0.377. The minimum atomic E-state index is -0.377. The summed E-state index contributed by atoms with van der Waals surface area (Å²) in [5, 5.41) is 8.55. The SMILES string of the molecule is CC.CC.CC(C)Cc1ncc(F)cn1.COc1cccc(C)c1-n1c(C)nnc1-c1cc(C)ccn1. The molecule has 0 atom stereocenters. The number of halogens is 1. The van der Waals surface area contributed by atoms with Gasteiger partial charge in [-0.15, -0.1) is 10.2 Å². The molecule has 37 heavy (non-hydrogen) atoms. The first-order valence-corrected chi connectivity index (χ1v) is 12.8. The van der Waals surface area contributed by atoms with Crippen molar-refractivity contribution >= 4 is 0 Å². The summed E-state index contributed by atoms with van der Waals surface area (Å²) >= 11 is 0. The van der Waals surface area contributed by atoms with Gasteiger partial charge in [0, 0.05) is 12.6 Å². The lowest BCUT2D eigenvalue weighted by Gasteiger charge is -2.15. The van der Waals surface area contributed by atoms with Crippen LogP contribution in [0.25, 0.3) is 17.2 Å². The van der Waals surface area contributed by atoms with Crippen molar-refractivity contribution in [2.75, 3.05) is 7.11 Å². The van der Waals surface area contributed by atoms with E-state index in [-0.39, 0.29) is 5.82 Å². The molecule has 1 aromatic carbocycles. The maximum atomic E-state index is 12.3. The topological polar surface area (TPSA) is 78.6 Å². The van der Waals surface area contributed by atoms with E-state index in [2.05, 4.69) is 39.0 Å². The fraction of sp³-hybridized carbons (Fsp3) is 0.414. The van der Waals surface area contributed by atoms with E-state index in [1.165, 1.54) is 12.4 Å². The standard InChI is InChI=1S/C17H18N4O.C8H11FN2.2C2H6/c1-11-8-9-18-14(10-11)17-20-19-13(3)21(17)16-12(2)6-5-7-15(16)22-4;1-6(2)3-8-10-4-7(9)5-11-8;2*1-2/h5-10H,1-4H3;4-6H,3H2,1-2H3;2*1-2H3. The summed E-state index contributed by atoms with van der Waals surface area (Å²) in [5.74, 6) is 3.15. The van der Waals surface area contributed by atoms with Crippen molar-refractivity contribution in [3.05, 3.63) is 77.5 Å². The molecule has 7 nitrogen and oxygen atoms in total. The molecule has 0 aliphatic heterocycles. The average Bonchev–Trinajstić information content (AvgIpc) is 3.28. The Morgan fingerprint density at radius 2 is 1.57 bits per heavy atom. The van der Waals surface area contributed by atoms with Gasteiger partial charge in [0.1, 0.15) is 23.1 Å². The van der Waals surface area contributed by atoms with Crippen LogP contribution in [0.3, 0.4) is 0 Å². The number of hydrogen-bond acceptors (Lipinski definition) is 6. The number of nitrogens with zero attached hydrogens (tertiary/aromatic N) is 6. The number of ether oxygens (including phenoxy) is 1. The van der Waals surface area contributed by atoms with Crippen LogP contribution in [0.2, 0.25) is 0 Å². The number of aryl methyl sites for hydroxylation is 3. The van der Waals surface area contributed by atoms with Gasteiger partial charge in [0.15, 0.2) is 11.6 Å². The summed E-state index contributed by atoms with van der Waals surface area (Å²) in [6, 6.07) is 9.93. The number of hydrogen-bond donors (Lipinski definition) is 0. The lowest BCUT2D eigenvalue weighted by atomic mass is 10.1. The molecule has 0 N–H and O–H groups in total. The van der Waals surface area contributed by atoms with E-state index in [9.17, 15) is 4.39 Å². The quantitative estimate of drug-likeness (QED) is 0.285. The van der Waals surface area contributed by atoms with Crippen LogP contribution in [0.15, 0.2) is 48.9 Å². The van der Waals surface area contributed by atoms with Gasteiger partial charge in [0.2, 0.25) is 0 Å². The van der Waals surface area contributed by atoms with Crippen LogP contribution >= 0.6 is 0 Å². The zero-order valence-electron chi connectivity index (χ0n) is 23.9. The maximum absolute atomic E-state index is 12.3.